The summed E-state index contributed by atoms with van der Waals surface area (Å²) >= 11 is 0. The summed E-state index contributed by atoms with van der Waals surface area (Å²) in [5.74, 6) is 0.379. The minimum absolute atomic E-state index is 0.379. The van der Waals surface area contributed by atoms with Crippen molar-refractivity contribution in [1.82, 2.24) is 5.16 Å². The summed E-state index contributed by atoms with van der Waals surface area (Å²) in [7, 11) is 0. The van der Waals surface area contributed by atoms with E-state index in [1.165, 1.54) is 0 Å². The standard InChI is InChI=1S/C11H14N2O/c1-7(2)10-9-5-3-4-8(6-12)11(9)14-13-10/h3-5,7H,6,12H2,1-2H3. The van der Waals surface area contributed by atoms with Crippen LogP contribution in [0.1, 0.15) is 31.0 Å². The van der Waals surface area contributed by atoms with Crippen molar-refractivity contribution in [1.29, 1.82) is 0 Å². The van der Waals surface area contributed by atoms with Crippen LogP contribution in [-0.4, -0.2) is 5.16 Å². The lowest BCUT2D eigenvalue weighted by atomic mass is 10.0. The molecule has 2 N–H and O–H groups in total. The molecule has 0 amide bonds. The van der Waals surface area contributed by atoms with Gasteiger partial charge in [-0.1, -0.05) is 31.1 Å². The van der Waals surface area contributed by atoms with E-state index in [2.05, 4.69) is 19.0 Å². The Morgan fingerprint density at radius 3 is 2.86 bits per heavy atom. The summed E-state index contributed by atoms with van der Waals surface area (Å²) in [6, 6.07) is 5.99. The van der Waals surface area contributed by atoms with E-state index in [0.29, 0.717) is 12.5 Å². The molecule has 0 fully saturated rings. The van der Waals surface area contributed by atoms with Gasteiger partial charge in [0, 0.05) is 17.5 Å². The third-order valence-corrected chi connectivity index (χ3v) is 2.37. The summed E-state index contributed by atoms with van der Waals surface area (Å²) in [6.07, 6.45) is 0. The zero-order valence-electron chi connectivity index (χ0n) is 8.45. The Morgan fingerprint density at radius 2 is 2.21 bits per heavy atom. The van der Waals surface area contributed by atoms with Crippen molar-refractivity contribution in [2.45, 2.75) is 26.3 Å². The van der Waals surface area contributed by atoms with Crippen LogP contribution in [0.4, 0.5) is 0 Å². The quantitative estimate of drug-likeness (QED) is 0.791. The number of rotatable bonds is 2. The van der Waals surface area contributed by atoms with Crippen LogP contribution in [-0.2, 0) is 6.54 Å². The molecule has 0 atom stereocenters. The van der Waals surface area contributed by atoms with Gasteiger partial charge in [0.2, 0.25) is 0 Å². The predicted octanol–water partition coefficient (Wildman–Crippen LogP) is 2.41. The lowest BCUT2D eigenvalue weighted by molar-refractivity contribution is 0.439. The number of hydrogen-bond acceptors (Lipinski definition) is 3. The van der Waals surface area contributed by atoms with Gasteiger partial charge in [0.05, 0.1) is 5.69 Å². The van der Waals surface area contributed by atoms with E-state index in [-0.39, 0.29) is 0 Å². The van der Waals surface area contributed by atoms with Crippen LogP contribution < -0.4 is 5.73 Å². The van der Waals surface area contributed by atoms with E-state index in [1.54, 1.807) is 0 Å². The molecular formula is C11H14N2O. The van der Waals surface area contributed by atoms with Crippen LogP contribution in [0.5, 0.6) is 0 Å². The van der Waals surface area contributed by atoms with Crippen molar-refractivity contribution < 1.29 is 4.52 Å². The van der Waals surface area contributed by atoms with E-state index in [4.69, 9.17) is 10.3 Å². The van der Waals surface area contributed by atoms with Crippen LogP contribution >= 0.6 is 0 Å². The van der Waals surface area contributed by atoms with Gasteiger partial charge >= 0.3 is 0 Å². The molecule has 0 aliphatic heterocycles. The smallest absolute Gasteiger partial charge is 0.171 e. The van der Waals surface area contributed by atoms with Crippen molar-refractivity contribution in [3.8, 4) is 0 Å². The van der Waals surface area contributed by atoms with Gasteiger partial charge in [-0.25, -0.2) is 0 Å². The van der Waals surface area contributed by atoms with E-state index in [0.717, 1.165) is 22.2 Å². The molecule has 2 rings (SSSR count). The second kappa shape index (κ2) is 3.42. The van der Waals surface area contributed by atoms with E-state index < -0.39 is 0 Å². The van der Waals surface area contributed by atoms with Crippen LogP contribution in [0, 0.1) is 0 Å². The van der Waals surface area contributed by atoms with Crippen LogP contribution in [0.25, 0.3) is 11.0 Å². The van der Waals surface area contributed by atoms with E-state index in [1.807, 2.05) is 18.2 Å². The average Bonchev–Trinajstić information content (AvgIpc) is 2.60. The van der Waals surface area contributed by atoms with Gasteiger partial charge in [-0.15, -0.1) is 0 Å². The minimum Gasteiger partial charge on any atom is -0.356 e. The highest BCUT2D eigenvalue weighted by Crippen LogP contribution is 2.26. The monoisotopic (exact) mass is 190 g/mol. The van der Waals surface area contributed by atoms with Gasteiger partial charge in [0.1, 0.15) is 0 Å². The highest BCUT2D eigenvalue weighted by atomic mass is 16.5. The molecule has 3 heteroatoms. The second-order valence-electron chi connectivity index (χ2n) is 3.72. The Balaban J connectivity index is 2.69. The second-order valence-corrected chi connectivity index (χ2v) is 3.72. The Labute approximate surface area is 82.9 Å². The van der Waals surface area contributed by atoms with E-state index >= 15 is 0 Å². The fourth-order valence-electron chi connectivity index (χ4n) is 1.62. The summed E-state index contributed by atoms with van der Waals surface area (Å²) in [5.41, 5.74) is 8.47. The fourth-order valence-corrected chi connectivity index (χ4v) is 1.62. The lowest BCUT2D eigenvalue weighted by Crippen LogP contribution is -1.96. The Morgan fingerprint density at radius 1 is 1.43 bits per heavy atom. The van der Waals surface area contributed by atoms with Crippen molar-refractivity contribution >= 4 is 11.0 Å². The molecular weight excluding hydrogens is 176 g/mol. The lowest BCUT2D eigenvalue weighted by Gasteiger charge is -1.99. The molecule has 0 bridgehead atoms. The molecule has 2 aromatic rings. The molecule has 0 saturated heterocycles. The normalized spacial score (nSPS) is 11.4. The third-order valence-electron chi connectivity index (χ3n) is 2.37. The SMILES string of the molecule is CC(C)c1noc2c(CN)cccc12. The van der Waals surface area contributed by atoms with Crippen LogP contribution in [0.15, 0.2) is 22.7 Å². The molecule has 0 unspecified atom stereocenters. The molecule has 74 valence electrons. The summed E-state index contributed by atoms with van der Waals surface area (Å²) in [5, 5.41) is 5.16. The minimum atomic E-state index is 0.379. The first-order chi connectivity index (χ1) is 6.74. The maximum absolute atomic E-state index is 5.61. The largest absolute Gasteiger partial charge is 0.356 e. The first kappa shape index (κ1) is 9.21. The molecule has 0 spiro atoms. The number of benzene rings is 1. The highest BCUT2D eigenvalue weighted by molar-refractivity contribution is 5.82. The maximum Gasteiger partial charge on any atom is 0.171 e. The molecule has 0 radical (unpaired) electrons. The molecule has 14 heavy (non-hydrogen) atoms. The molecule has 0 aliphatic rings. The van der Waals surface area contributed by atoms with Gasteiger partial charge in [-0.05, 0) is 12.0 Å². The van der Waals surface area contributed by atoms with Crippen LogP contribution in [0.2, 0.25) is 0 Å². The van der Waals surface area contributed by atoms with E-state index in [9.17, 15) is 0 Å². The predicted molar refractivity (Wildman–Crippen MR) is 56.0 cm³/mol. The number of fused-ring (bicyclic) bond motifs is 1. The molecule has 1 aromatic heterocycles. The topological polar surface area (TPSA) is 52.0 Å². The number of hydrogen-bond donors (Lipinski definition) is 1. The fraction of sp³-hybridized carbons (Fsp3) is 0.364. The number of aromatic nitrogens is 1. The summed E-state index contributed by atoms with van der Waals surface area (Å²) in [6.45, 7) is 4.70. The summed E-state index contributed by atoms with van der Waals surface area (Å²) < 4.78 is 5.30. The molecule has 1 heterocycles. The zero-order valence-corrected chi connectivity index (χ0v) is 8.45. The maximum atomic E-state index is 5.61. The first-order valence-corrected chi connectivity index (χ1v) is 4.81. The zero-order chi connectivity index (χ0) is 10.1. The van der Waals surface area contributed by atoms with Gasteiger partial charge < -0.3 is 10.3 Å². The summed E-state index contributed by atoms with van der Waals surface area (Å²) in [4.78, 5) is 0. The molecule has 0 aliphatic carbocycles. The first-order valence-electron chi connectivity index (χ1n) is 4.81. The molecule has 0 saturated carbocycles. The van der Waals surface area contributed by atoms with Crippen molar-refractivity contribution in [3.05, 3.63) is 29.5 Å². The number of nitrogens with zero attached hydrogens (tertiary/aromatic N) is 1. The van der Waals surface area contributed by atoms with Crippen LogP contribution in [0.3, 0.4) is 0 Å². The Hall–Kier alpha value is -1.35. The Bertz CT molecular complexity index is 445. The average molecular weight is 190 g/mol. The van der Waals surface area contributed by atoms with Crippen molar-refractivity contribution in [3.63, 3.8) is 0 Å². The number of para-hydroxylation sites is 1. The third kappa shape index (κ3) is 1.30. The van der Waals surface area contributed by atoms with Gasteiger partial charge in [-0.3, -0.25) is 0 Å². The molecule has 1 aromatic carbocycles. The van der Waals surface area contributed by atoms with Gasteiger partial charge in [0.15, 0.2) is 5.58 Å². The highest BCUT2D eigenvalue weighted by Gasteiger charge is 2.12. The Kier molecular flexibility index (Phi) is 2.25. The van der Waals surface area contributed by atoms with Gasteiger partial charge in [-0.2, -0.15) is 0 Å². The van der Waals surface area contributed by atoms with Crippen molar-refractivity contribution in [2.75, 3.05) is 0 Å². The van der Waals surface area contributed by atoms with Crippen molar-refractivity contribution in [2.24, 2.45) is 5.73 Å². The molecule has 3 nitrogen and oxygen atoms in total. The number of nitrogens with two attached hydrogens (primary N) is 1. The van der Waals surface area contributed by atoms with Gasteiger partial charge in [0.25, 0.3) is 0 Å².